The second-order valence-electron chi connectivity index (χ2n) is 7.94. The molecule has 9 nitrogen and oxygen atoms in total. The van der Waals surface area contributed by atoms with E-state index in [0.717, 1.165) is 6.42 Å². The van der Waals surface area contributed by atoms with Gasteiger partial charge in [0.05, 0.1) is 15.4 Å². The number of tetrazole rings is 1. The van der Waals surface area contributed by atoms with Crippen molar-refractivity contribution in [2.45, 2.75) is 43.1 Å². The van der Waals surface area contributed by atoms with Crippen molar-refractivity contribution in [2.75, 3.05) is 0 Å². The number of carbonyl (C=O) groups excluding carboxylic acids is 1. The van der Waals surface area contributed by atoms with Gasteiger partial charge in [0.15, 0.2) is 5.78 Å². The molecule has 0 atom stereocenters. The Kier molecular flexibility index (Phi) is 6.92. The quantitative estimate of drug-likeness (QED) is 0.333. The van der Waals surface area contributed by atoms with E-state index in [9.17, 15) is 18.3 Å². The van der Waals surface area contributed by atoms with E-state index in [-0.39, 0.29) is 33.5 Å². The lowest BCUT2D eigenvalue weighted by Crippen LogP contribution is -2.05. The number of ether oxygens (including phenoxy) is 1. The Labute approximate surface area is 202 Å². The molecule has 0 saturated carbocycles. The van der Waals surface area contributed by atoms with E-state index >= 15 is 0 Å². The Bertz CT molecular complexity index is 1450. The van der Waals surface area contributed by atoms with Crippen LogP contribution in [0, 0.1) is 0 Å². The molecule has 0 radical (unpaired) electrons. The Morgan fingerprint density at radius 3 is 2.49 bits per heavy atom. The number of H-pyrrole nitrogens is 1. The minimum atomic E-state index is -3.77. The van der Waals surface area contributed by atoms with Gasteiger partial charge in [-0.3, -0.25) is 4.79 Å². The number of phenolic OH excluding ortho intramolecular Hbond substituents is 1. The molecule has 0 aliphatic carbocycles. The van der Waals surface area contributed by atoms with Crippen LogP contribution < -0.4 is 4.74 Å². The van der Waals surface area contributed by atoms with Crippen LogP contribution in [0.5, 0.6) is 11.5 Å². The summed E-state index contributed by atoms with van der Waals surface area (Å²) in [5.41, 5.74) is 2.10. The molecule has 0 aliphatic heterocycles. The van der Waals surface area contributed by atoms with Gasteiger partial charge in [-0.25, -0.2) is 8.42 Å². The van der Waals surface area contributed by atoms with Gasteiger partial charge in [-0.1, -0.05) is 25.5 Å². The standard InChI is InChI=1S/C25H24N4O5S/c1-3-5-22-23(13-12-21(16(2)30)24(22)31)34-15-17-6-4-7-20(14-17)35(32,33)19-10-8-18(9-11-19)25-26-28-29-27-25/h4,6-14,31H,3,5,15H2,1-2H3,(H,26,27,28,29). The molecule has 0 aliphatic rings. The molecule has 0 saturated heterocycles. The first-order valence-corrected chi connectivity index (χ1v) is 12.5. The van der Waals surface area contributed by atoms with Crippen molar-refractivity contribution in [3.05, 3.63) is 77.4 Å². The molecule has 4 aromatic rings. The first kappa shape index (κ1) is 24.1. The van der Waals surface area contributed by atoms with Gasteiger partial charge in [0.1, 0.15) is 18.1 Å². The van der Waals surface area contributed by atoms with Crippen molar-refractivity contribution in [2.24, 2.45) is 0 Å². The number of aromatic nitrogens is 4. The molecule has 0 unspecified atom stereocenters. The summed E-state index contributed by atoms with van der Waals surface area (Å²) in [7, 11) is -3.77. The van der Waals surface area contributed by atoms with Crippen LogP contribution >= 0.6 is 0 Å². The van der Waals surface area contributed by atoms with Gasteiger partial charge < -0.3 is 9.84 Å². The summed E-state index contributed by atoms with van der Waals surface area (Å²) >= 11 is 0. The minimum Gasteiger partial charge on any atom is -0.507 e. The van der Waals surface area contributed by atoms with E-state index in [2.05, 4.69) is 20.6 Å². The van der Waals surface area contributed by atoms with Gasteiger partial charge in [-0.2, -0.15) is 5.21 Å². The lowest BCUT2D eigenvalue weighted by atomic mass is 10.0. The monoisotopic (exact) mass is 492 g/mol. The van der Waals surface area contributed by atoms with E-state index in [1.54, 1.807) is 36.4 Å². The van der Waals surface area contributed by atoms with E-state index in [0.29, 0.717) is 34.7 Å². The van der Waals surface area contributed by atoms with Crippen molar-refractivity contribution >= 4 is 15.6 Å². The van der Waals surface area contributed by atoms with E-state index in [1.165, 1.54) is 31.2 Å². The number of hydrogen-bond donors (Lipinski definition) is 2. The number of sulfone groups is 1. The fourth-order valence-electron chi connectivity index (χ4n) is 3.70. The maximum atomic E-state index is 13.2. The van der Waals surface area contributed by atoms with Crippen LogP contribution in [0.2, 0.25) is 0 Å². The number of nitrogens with zero attached hydrogens (tertiary/aromatic N) is 3. The molecule has 0 amide bonds. The predicted octanol–water partition coefficient (Wildman–Crippen LogP) is 4.14. The number of carbonyl (C=O) groups is 1. The molecule has 35 heavy (non-hydrogen) atoms. The molecule has 0 bridgehead atoms. The SMILES string of the molecule is CCCc1c(OCc2cccc(S(=O)(=O)c3ccc(-c4nn[nH]n4)cc3)c2)ccc(C(C)=O)c1O. The van der Waals surface area contributed by atoms with Crippen LogP contribution in [-0.4, -0.2) is 39.9 Å². The molecular formula is C25H24N4O5S. The molecule has 180 valence electrons. The number of nitrogens with one attached hydrogen (secondary N) is 1. The van der Waals surface area contributed by atoms with Crippen molar-refractivity contribution in [3.8, 4) is 22.9 Å². The molecule has 1 aromatic heterocycles. The molecule has 10 heteroatoms. The van der Waals surface area contributed by atoms with E-state index < -0.39 is 9.84 Å². The second-order valence-corrected chi connectivity index (χ2v) is 9.89. The smallest absolute Gasteiger partial charge is 0.206 e. The molecule has 1 heterocycles. The maximum absolute atomic E-state index is 13.2. The van der Waals surface area contributed by atoms with Crippen molar-refractivity contribution in [1.29, 1.82) is 0 Å². The van der Waals surface area contributed by atoms with Crippen LogP contribution in [0.15, 0.2) is 70.5 Å². The molecule has 2 N–H and O–H groups in total. The number of rotatable bonds is 9. The Balaban J connectivity index is 1.56. The zero-order valence-corrected chi connectivity index (χ0v) is 20.0. The van der Waals surface area contributed by atoms with E-state index in [4.69, 9.17) is 4.74 Å². The van der Waals surface area contributed by atoms with Gasteiger partial charge in [0.25, 0.3) is 0 Å². The lowest BCUT2D eigenvalue weighted by molar-refractivity contribution is 0.101. The Hall–Kier alpha value is -4.05. The molecular weight excluding hydrogens is 468 g/mol. The van der Waals surface area contributed by atoms with Gasteiger partial charge in [-0.15, -0.1) is 10.2 Å². The number of benzene rings is 3. The predicted molar refractivity (Wildman–Crippen MR) is 128 cm³/mol. The fraction of sp³-hybridized carbons (Fsp3) is 0.200. The van der Waals surface area contributed by atoms with Gasteiger partial charge in [-0.05, 0) is 72.7 Å². The minimum absolute atomic E-state index is 0.0718. The van der Waals surface area contributed by atoms with Gasteiger partial charge in [0, 0.05) is 11.1 Å². The highest BCUT2D eigenvalue weighted by Crippen LogP contribution is 2.33. The highest BCUT2D eigenvalue weighted by Gasteiger charge is 2.19. The Morgan fingerprint density at radius 1 is 1.06 bits per heavy atom. The summed E-state index contributed by atoms with van der Waals surface area (Å²) in [5.74, 6) is 0.532. The largest absolute Gasteiger partial charge is 0.507 e. The summed E-state index contributed by atoms with van der Waals surface area (Å²) < 4.78 is 32.3. The fourth-order valence-corrected chi connectivity index (χ4v) is 5.03. The highest BCUT2D eigenvalue weighted by molar-refractivity contribution is 7.91. The van der Waals surface area contributed by atoms with Gasteiger partial charge >= 0.3 is 0 Å². The summed E-state index contributed by atoms with van der Waals surface area (Å²) in [6.07, 6.45) is 1.29. The van der Waals surface area contributed by atoms with Crippen LogP contribution in [0.1, 0.15) is 41.8 Å². The number of hydrogen-bond acceptors (Lipinski definition) is 8. The van der Waals surface area contributed by atoms with Crippen LogP contribution in [0.4, 0.5) is 0 Å². The Morgan fingerprint density at radius 2 is 1.83 bits per heavy atom. The first-order chi connectivity index (χ1) is 16.8. The molecule has 0 fully saturated rings. The second kappa shape index (κ2) is 10.1. The third kappa shape index (κ3) is 5.07. The third-order valence-electron chi connectivity index (χ3n) is 5.49. The average molecular weight is 493 g/mol. The van der Waals surface area contributed by atoms with Crippen molar-refractivity contribution in [1.82, 2.24) is 20.6 Å². The zero-order chi connectivity index (χ0) is 25.0. The number of aromatic hydroxyl groups is 1. The average Bonchev–Trinajstić information content (AvgIpc) is 3.40. The number of ketones is 1. The molecule has 0 spiro atoms. The van der Waals surface area contributed by atoms with Crippen LogP contribution in [-0.2, 0) is 22.9 Å². The number of Topliss-reactive ketones (excluding diaryl/α,β-unsaturated/α-hetero) is 1. The summed E-state index contributed by atoms with van der Waals surface area (Å²) in [4.78, 5) is 12.0. The number of phenols is 1. The van der Waals surface area contributed by atoms with E-state index in [1.807, 2.05) is 6.92 Å². The number of aromatic amines is 1. The van der Waals surface area contributed by atoms with Gasteiger partial charge in [0.2, 0.25) is 15.7 Å². The topological polar surface area (TPSA) is 135 Å². The van der Waals surface area contributed by atoms with Crippen molar-refractivity contribution < 1.29 is 23.1 Å². The molecule has 4 rings (SSSR count). The summed E-state index contributed by atoms with van der Waals surface area (Å²) in [6.45, 7) is 3.46. The zero-order valence-electron chi connectivity index (χ0n) is 19.2. The maximum Gasteiger partial charge on any atom is 0.206 e. The van der Waals surface area contributed by atoms with Crippen LogP contribution in [0.25, 0.3) is 11.4 Å². The summed E-state index contributed by atoms with van der Waals surface area (Å²) in [5, 5.41) is 24.2. The third-order valence-corrected chi connectivity index (χ3v) is 7.26. The normalized spacial score (nSPS) is 11.4. The van der Waals surface area contributed by atoms with Crippen molar-refractivity contribution in [3.63, 3.8) is 0 Å². The highest BCUT2D eigenvalue weighted by atomic mass is 32.2. The van der Waals surface area contributed by atoms with Crippen LogP contribution in [0.3, 0.4) is 0 Å². The lowest BCUT2D eigenvalue weighted by Gasteiger charge is -2.15. The first-order valence-electron chi connectivity index (χ1n) is 11.0. The summed E-state index contributed by atoms with van der Waals surface area (Å²) in [6, 6.07) is 16.0. The molecule has 3 aromatic carbocycles.